The highest BCUT2D eigenvalue weighted by Crippen LogP contribution is 2.28. The summed E-state index contributed by atoms with van der Waals surface area (Å²) in [5.41, 5.74) is 11.0. The molecular formula is C17H22N2. The minimum Gasteiger partial charge on any atom is -0.344 e. The molecule has 0 saturated heterocycles. The van der Waals surface area contributed by atoms with Crippen LogP contribution in [-0.4, -0.2) is 13.1 Å². The van der Waals surface area contributed by atoms with Crippen LogP contribution < -0.4 is 10.6 Å². The maximum atomic E-state index is 5.96. The molecule has 0 bridgehead atoms. The topological polar surface area (TPSA) is 29.3 Å². The lowest BCUT2D eigenvalue weighted by atomic mass is 10.0. The molecule has 2 nitrogen and oxygen atoms in total. The maximum Gasteiger partial charge on any atom is 0.0441 e. The van der Waals surface area contributed by atoms with Crippen LogP contribution in [0.3, 0.4) is 0 Å². The van der Waals surface area contributed by atoms with Gasteiger partial charge in [-0.1, -0.05) is 35.9 Å². The number of aryl methyl sites for hydroxylation is 1. The molecule has 2 heteroatoms. The van der Waals surface area contributed by atoms with E-state index in [2.05, 4.69) is 68.3 Å². The summed E-state index contributed by atoms with van der Waals surface area (Å²) in [6.07, 6.45) is 0.897. The second kappa shape index (κ2) is 5.89. The van der Waals surface area contributed by atoms with Gasteiger partial charge in [-0.05, 0) is 44.0 Å². The predicted molar refractivity (Wildman–Crippen MR) is 83.0 cm³/mol. The maximum absolute atomic E-state index is 5.96. The molecule has 2 aromatic carbocycles. The molecule has 0 aliphatic heterocycles. The van der Waals surface area contributed by atoms with Crippen LogP contribution in [0.25, 0.3) is 0 Å². The molecule has 100 valence electrons. The van der Waals surface area contributed by atoms with Crippen LogP contribution in [0.5, 0.6) is 0 Å². The molecule has 0 saturated carbocycles. The van der Waals surface area contributed by atoms with Crippen LogP contribution in [0.2, 0.25) is 0 Å². The third-order valence-electron chi connectivity index (χ3n) is 3.28. The van der Waals surface area contributed by atoms with E-state index >= 15 is 0 Å². The van der Waals surface area contributed by atoms with Crippen molar-refractivity contribution >= 4 is 11.4 Å². The molecule has 19 heavy (non-hydrogen) atoms. The Morgan fingerprint density at radius 2 is 1.79 bits per heavy atom. The Labute approximate surface area is 115 Å². The molecule has 2 N–H and O–H groups in total. The van der Waals surface area contributed by atoms with Crippen LogP contribution in [0.1, 0.15) is 18.1 Å². The normalized spacial score (nSPS) is 12.2. The Balaban J connectivity index is 2.38. The Kier molecular flexibility index (Phi) is 4.23. The average molecular weight is 254 g/mol. The van der Waals surface area contributed by atoms with Gasteiger partial charge in [0.2, 0.25) is 0 Å². The molecule has 1 atom stereocenters. The zero-order chi connectivity index (χ0) is 13.8. The van der Waals surface area contributed by atoms with E-state index in [0.717, 1.165) is 6.42 Å². The van der Waals surface area contributed by atoms with Gasteiger partial charge in [-0.25, -0.2) is 0 Å². The van der Waals surface area contributed by atoms with Crippen molar-refractivity contribution in [1.82, 2.24) is 0 Å². The summed E-state index contributed by atoms with van der Waals surface area (Å²) in [7, 11) is 2.10. The fourth-order valence-corrected chi connectivity index (χ4v) is 2.34. The summed E-state index contributed by atoms with van der Waals surface area (Å²) in [6.45, 7) is 4.17. The summed E-state index contributed by atoms with van der Waals surface area (Å²) >= 11 is 0. The molecule has 0 fully saturated rings. The van der Waals surface area contributed by atoms with Gasteiger partial charge in [0.1, 0.15) is 0 Å². The second-order valence-corrected chi connectivity index (χ2v) is 5.21. The van der Waals surface area contributed by atoms with Crippen molar-refractivity contribution in [2.24, 2.45) is 5.73 Å². The van der Waals surface area contributed by atoms with Crippen molar-refractivity contribution in [3.63, 3.8) is 0 Å². The van der Waals surface area contributed by atoms with Gasteiger partial charge in [0, 0.05) is 24.5 Å². The Morgan fingerprint density at radius 3 is 2.42 bits per heavy atom. The van der Waals surface area contributed by atoms with Gasteiger partial charge in [0.05, 0.1) is 0 Å². The van der Waals surface area contributed by atoms with Crippen LogP contribution in [-0.2, 0) is 6.42 Å². The zero-order valence-corrected chi connectivity index (χ0v) is 11.9. The number of anilines is 2. The predicted octanol–water partition coefficient (Wildman–Crippen LogP) is 3.65. The van der Waals surface area contributed by atoms with Gasteiger partial charge in [-0.15, -0.1) is 0 Å². The minimum atomic E-state index is 0.171. The van der Waals surface area contributed by atoms with E-state index in [4.69, 9.17) is 5.73 Å². The quantitative estimate of drug-likeness (QED) is 0.902. The Bertz CT molecular complexity index is 532. The highest BCUT2D eigenvalue weighted by molar-refractivity contribution is 5.66. The van der Waals surface area contributed by atoms with E-state index in [1.165, 1.54) is 22.5 Å². The lowest BCUT2D eigenvalue weighted by Gasteiger charge is -2.24. The molecule has 0 aliphatic rings. The molecule has 1 unspecified atom stereocenters. The number of nitrogens with zero attached hydrogens (tertiary/aromatic N) is 1. The van der Waals surface area contributed by atoms with E-state index in [1.54, 1.807) is 0 Å². The van der Waals surface area contributed by atoms with E-state index in [0.29, 0.717) is 0 Å². The monoisotopic (exact) mass is 254 g/mol. The molecule has 0 heterocycles. The summed E-state index contributed by atoms with van der Waals surface area (Å²) in [4.78, 5) is 2.22. The van der Waals surface area contributed by atoms with Crippen molar-refractivity contribution in [3.05, 3.63) is 59.7 Å². The van der Waals surface area contributed by atoms with Crippen molar-refractivity contribution in [3.8, 4) is 0 Å². The van der Waals surface area contributed by atoms with Gasteiger partial charge in [-0.3, -0.25) is 0 Å². The Hall–Kier alpha value is -1.80. The lowest BCUT2D eigenvalue weighted by molar-refractivity contribution is 0.737. The van der Waals surface area contributed by atoms with Crippen LogP contribution >= 0.6 is 0 Å². The highest BCUT2D eigenvalue weighted by Gasteiger charge is 2.10. The fourth-order valence-electron chi connectivity index (χ4n) is 2.34. The standard InChI is InChI=1S/C17H22N2/c1-13-9-10-17(15(11-13)12-14(2)18)19(3)16-7-5-4-6-8-16/h4-11,14H,12,18H2,1-3H3. The van der Waals surface area contributed by atoms with Crippen molar-refractivity contribution in [2.45, 2.75) is 26.3 Å². The third kappa shape index (κ3) is 3.36. The molecule has 0 radical (unpaired) electrons. The first-order valence-corrected chi connectivity index (χ1v) is 6.72. The van der Waals surface area contributed by atoms with Crippen molar-refractivity contribution < 1.29 is 0 Å². The zero-order valence-electron chi connectivity index (χ0n) is 11.9. The highest BCUT2D eigenvalue weighted by atomic mass is 15.1. The molecule has 2 aromatic rings. The van der Waals surface area contributed by atoms with Gasteiger partial charge in [-0.2, -0.15) is 0 Å². The number of rotatable bonds is 4. The Morgan fingerprint density at radius 1 is 1.11 bits per heavy atom. The number of nitrogens with two attached hydrogens (primary N) is 1. The fraction of sp³-hybridized carbons (Fsp3) is 0.294. The number of benzene rings is 2. The molecular weight excluding hydrogens is 232 g/mol. The molecule has 2 rings (SSSR count). The lowest BCUT2D eigenvalue weighted by Crippen LogP contribution is -2.20. The first-order chi connectivity index (χ1) is 9.08. The first kappa shape index (κ1) is 13.6. The summed E-state index contributed by atoms with van der Waals surface area (Å²) in [5, 5.41) is 0. The number of para-hydroxylation sites is 1. The third-order valence-corrected chi connectivity index (χ3v) is 3.28. The van der Waals surface area contributed by atoms with E-state index < -0.39 is 0 Å². The van der Waals surface area contributed by atoms with E-state index in [-0.39, 0.29) is 6.04 Å². The number of hydrogen-bond donors (Lipinski definition) is 1. The number of hydrogen-bond acceptors (Lipinski definition) is 2. The first-order valence-electron chi connectivity index (χ1n) is 6.72. The van der Waals surface area contributed by atoms with Gasteiger partial charge in [0.15, 0.2) is 0 Å². The summed E-state index contributed by atoms with van der Waals surface area (Å²) in [5.74, 6) is 0. The summed E-state index contributed by atoms with van der Waals surface area (Å²) in [6, 6.07) is 17.1. The molecule has 0 spiro atoms. The SMILES string of the molecule is Cc1ccc(N(C)c2ccccc2)c(CC(C)N)c1. The van der Waals surface area contributed by atoms with Crippen LogP contribution in [0.15, 0.2) is 48.5 Å². The van der Waals surface area contributed by atoms with Crippen LogP contribution in [0.4, 0.5) is 11.4 Å². The van der Waals surface area contributed by atoms with Gasteiger partial charge >= 0.3 is 0 Å². The molecule has 0 aromatic heterocycles. The van der Waals surface area contributed by atoms with Crippen LogP contribution in [0, 0.1) is 6.92 Å². The van der Waals surface area contributed by atoms with Gasteiger partial charge in [0.25, 0.3) is 0 Å². The smallest absolute Gasteiger partial charge is 0.0441 e. The second-order valence-electron chi connectivity index (χ2n) is 5.21. The largest absolute Gasteiger partial charge is 0.344 e. The molecule has 0 amide bonds. The van der Waals surface area contributed by atoms with Crippen molar-refractivity contribution in [2.75, 3.05) is 11.9 Å². The van der Waals surface area contributed by atoms with Gasteiger partial charge < -0.3 is 10.6 Å². The van der Waals surface area contributed by atoms with E-state index in [9.17, 15) is 0 Å². The summed E-state index contributed by atoms with van der Waals surface area (Å²) < 4.78 is 0. The minimum absolute atomic E-state index is 0.171. The molecule has 0 aliphatic carbocycles. The van der Waals surface area contributed by atoms with Crippen molar-refractivity contribution in [1.29, 1.82) is 0 Å². The average Bonchev–Trinajstić information content (AvgIpc) is 2.38. The van der Waals surface area contributed by atoms with E-state index in [1.807, 2.05) is 6.07 Å².